The number of aromatic nitrogens is 3. The van der Waals surface area contributed by atoms with E-state index in [1.54, 1.807) is 12.3 Å². The molecular weight excluding hydrogens is 267 g/mol. The third kappa shape index (κ3) is 3.54. The number of nitrogens with zero attached hydrogens (tertiary/aromatic N) is 4. The van der Waals surface area contributed by atoms with Crippen LogP contribution in [0.1, 0.15) is 32.1 Å². The quantitative estimate of drug-likeness (QED) is 0.848. The lowest BCUT2D eigenvalue weighted by atomic mass is 10.1. The highest BCUT2D eigenvalue weighted by Gasteiger charge is 2.13. The fraction of sp³-hybridized carbons (Fsp3) is 0.438. The molecule has 1 fully saturated rings. The van der Waals surface area contributed by atoms with Gasteiger partial charge in [-0.15, -0.1) is 5.10 Å². The third-order valence-electron chi connectivity index (χ3n) is 3.81. The standard InChI is InChI=1S/C16H19FN4/c17-14-8-6-7-13(11-14)15-12-18-20-16(19-15)21-9-4-2-1-3-5-10-21/h6-8,11-12H,1-5,9-10H2. The summed E-state index contributed by atoms with van der Waals surface area (Å²) in [4.78, 5) is 6.76. The topological polar surface area (TPSA) is 41.9 Å². The molecule has 0 radical (unpaired) electrons. The van der Waals surface area contributed by atoms with Crippen molar-refractivity contribution in [2.75, 3.05) is 18.0 Å². The highest BCUT2D eigenvalue weighted by atomic mass is 19.1. The van der Waals surface area contributed by atoms with Gasteiger partial charge in [0.15, 0.2) is 0 Å². The van der Waals surface area contributed by atoms with Crippen LogP contribution in [0.25, 0.3) is 11.3 Å². The molecule has 3 rings (SSSR count). The largest absolute Gasteiger partial charge is 0.340 e. The van der Waals surface area contributed by atoms with Gasteiger partial charge in [0.25, 0.3) is 0 Å². The van der Waals surface area contributed by atoms with Crippen molar-refractivity contribution in [2.24, 2.45) is 0 Å². The minimum atomic E-state index is -0.265. The van der Waals surface area contributed by atoms with Gasteiger partial charge >= 0.3 is 0 Å². The molecule has 110 valence electrons. The monoisotopic (exact) mass is 286 g/mol. The van der Waals surface area contributed by atoms with E-state index in [1.165, 1.54) is 31.4 Å². The second kappa shape index (κ2) is 6.61. The van der Waals surface area contributed by atoms with Gasteiger partial charge in [-0.05, 0) is 25.0 Å². The molecule has 0 atom stereocenters. The Morgan fingerprint density at radius 1 is 1.00 bits per heavy atom. The minimum absolute atomic E-state index is 0.265. The lowest BCUT2D eigenvalue weighted by Crippen LogP contribution is -2.29. The lowest BCUT2D eigenvalue weighted by Gasteiger charge is -2.24. The molecule has 4 nitrogen and oxygen atoms in total. The van der Waals surface area contributed by atoms with Crippen molar-refractivity contribution in [1.82, 2.24) is 15.2 Å². The second-order valence-electron chi connectivity index (χ2n) is 5.41. The molecule has 1 aliphatic rings. The molecule has 0 N–H and O–H groups in total. The van der Waals surface area contributed by atoms with Crippen LogP contribution in [0.15, 0.2) is 30.5 Å². The van der Waals surface area contributed by atoms with Crippen LogP contribution in [0.4, 0.5) is 10.3 Å². The van der Waals surface area contributed by atoms with Gasteiger partial charge in [-0.2, -0.15) is 5.10 Å². The molecule has 5 heteroatoms. The van der Waals surface area contributed by atoms with E-state index in [0.717, 1.165) is 31.5 Å². The first kappa shape index (κ1) is 13.9. The zero-order chi connectivity index (χ0) is 14.5. The van der Waals surface area contributed by atoms with Crippen molar-refractivity contribution in [2.45, 2.75) is 32.1 Å². The SMILES string of the molecule is Fc1cccc(-c2cnnc(N3CCCCCCC3)n2)c1. The van der Waals surface area contributed by atoms with Crippen LogP contribution in [0.3, 0.4) is 0 Å². The molecule has 21 heavy (non-hydrogen) atoms. The van der Waals surface area contributed by atoms with Crippen molar-refractivity contribution in [1.29, 1.82) is 0 Å². The van der Waals surface area contributed by atoms with E-state index >= 15 is 0 Å². The molecule has 0 amide bonds. The molecule has 2 aromatic rings. The smallest absolute Gasteiger partial charge is 0.245 e. The van der Waals surface area contributed by atoms with Crippen LogP contribution in [0.2, 0.25) is 0 Å². The lowest BCUT2D eigenvalue weighted by molar-refractivity contribution is 0.549. The Bertz CT molecular complexity index is 594. The first-order valence-electron chi connectivity index (χ1n) is 7.53. The molecule has 0 saturated carbocycles. The Kier molecular flexibility index (Phi) is 4.38. The molecular formula is C16H19FN4. The van der Waals surface area contributed by atoms with Crippen LogP contribution >= 0.6 is 0 Å². The van der Waals surface area contributed by atoms with Crippen molar-refractivity contribution < 1.29 is 4.39 Å². The maximum Gasteiger partial charge on any atom is 0.245 e. The summed E-state index contributed by atoms with van der Waals surface area (Å²) in [5.41, 5.74) is 1.40. The van der Waals surface area contributed by atoms with Crippen LogP contribution in [0.5, 0.6) is 0 Å². The Labute approximate surface area is 124 Å². The molecule has 2 heterocycles. The van der Waals surface area contributed by atoms with Crippen molar-refractivity contribution in [3.63, 3.8) is 0 Å². The van der Waals surface area contributed by atoms with Crippen LogP contribution < -0.4 is 4.90 Å². The van der Waals surface area contributed by atoms with E-state index in [1.807, 2.05) is 6.07 Å². The molecule has 1 aromatic heterocycles. The zero-order valence-corrected chi connectivity index (χ0v) is 12.0. The third-order valence-corrected chi connectivity index (χ3v) is 3.81. The maximum atomic E-state index is 13.3. The van der Waals surface area contributed by atoms with E-state index in [4.69, 9.17) is 0 Å². The number of anilines is 1. The molecule has 0 spiro atoms. The number of hydrogen-bond donors (Lipinski definition) is 0. The van der Waals surface area contributed by atoms with Gasteiger partial charge in [0.2, 0.25) is 5.95 Å². The van der Waals surface area contributed by atoms with Crippen LogP contribution in [-0.4, -0.2) is 28.3 Å². The normalized spacial score (nSPS) is 16.3. The van der Waals surface area contributed by atoms with Gasteiger partial charge in [0, 0.05) is 18.7 Å². The molecule has 0 bridgehead atoms. The second-order valence-corrected chi connectivity index (χ2v) is 5.41. The Balaban J connectivity index is 1.85. The van der Waals surface area contributed by atoms with E-state index < -0.39 is 0 Å². The number of benzene rings is 1. The molecule has 1 aromatic carbocycles. The van der Waals surface area contributed by atoms with Crippen molar-refractivity contribution in [3.8, 4) is 11.3 Å². The Morgan fingerprint density at radius 2 is 1.76 bits per heavy atom. The van der Waals surface area contributed by atoms with Gasteiger partial charge in [0.1, 0.15) is 5.82 Å². The first-order chi connectivity index (χ1) is 10.3. The van der Waals surface area contributed by atoms with Crippen LogP contribution in [-0.2, 0) is 0 Å². The first-order valence-corrected chi connectivity index (χ1v) is 7.53. The Hall–Kier alpha value is -2.04. The molecule has 1 aliphatic heterocycles. The molecule has 0 aliphatic carbocycles. The van der Waals surface area contributed by atoms with Gasteiger partial charge in [-0.1, -0.05) is 31.4 Å². The maximum absolute atomic E-state index is 13.3. The van der Waals surface area contributed by atoms with Gasteiger partial charge in [0.05, 0.1) is 11.9 Å². The fourth-order valence-corrected chi connectivity index (χ4v) is 2.66. The highest BCUT2D eigenvalue weighted by Crippen LogP contribution is 2.20. The van der Waals surface area contributed by atoms with E-state index in [0.29, 0.717) is 11.6 Å². The zero-order valence-electron chi connectivity index (χ0n) is 12.0. The summed E-state index contributed by atoms with van der Waals surface area (Å²) >= 11 is 0. The highest BCUT2D eigenvalue weighted by molar-refractivity contribution is 5.59. The number of halogens is 1. The number of hydrogen-bond acceptors (Lipinski definition) is 4. The average Bonchev–Trinajstić information content (AvgIpc) is 2.47. The van der Waals surface area contributed by atoms with E-state index in [2.05, 4.69) is 20.1 Å². The summed E-state index contributed by atoms with van der Waals surface area (Å²) < 4.78 is 13.3. The van der Waals surface area contributed by atoms with Gasteiger partial charge in [-0.25, -0.2) is 9.37 Å². The average molecular weight is 286 g/mol. The fourth-order valence-electron chi connectivity index (χ4n) is 2.66. The Morgan fingerprint density at radius 3 is 2.52 bits per heavy atom. The number of rotatable bonds is 2. The van der Waals surface area contributed by atoms with Crippen molar-refractivity contribution >= 4 is 5.95 Å². The van der Waals surface area contributed by atoms with E-state index in [9.17, 15) is 4.39 Å². The minimum Gasteiger partial charge on any atom is -0.340 e. The van der Waals surface area contributed by atoms with Gasteiger partial charge < -0.3 is 4.90 Å². The predicted molar refractivity (Wildman–Crippen MR) is 80.5 cm³/mol. The summed E-state index contributed by atoms with van der Waals surface area (Å²) in [5, 5.41) is 8.20. The molecule has 0 unspecified atom stereocenters. The summed E-state index contributed by atoms with van der Waals surface area (Å²) in [7, 11) is 0. The van der Waals surface area contributed by atoms with Gasteiger partial charge in [-0.3, -0.25) is 0 Å². The summed E-state index contributed by atoms with van der Waals surface area (Å²) in [6, 6.07) is 6.42. The summed E-state index contributed by atoms with van der Waals surface area (Å²) in [6.07, 6.45) is 7.74. The van der Waals surface area contributed by atoms with E-state index in [-0.39, 0.29) is 5.82 Å². The van der Waals surface area contributed by atoms with Crippen molar-refractivity contribution in [3.05, 3.63) is 36.3 Å². The summed E-state index contributed by atoms with van der Waals surface area (Å²) in [5.74, 6) is 0.387. The van der Waals surface area contributed by atoms with Crippen LogP contribution in [0, 0.1) is 5.82 Å². The summed E-state index contributed by atoms with van der Waals surface area (Å²) in [6.45, 7) is 1.93. The predicted octanol–water partition coefficient (Wildman–Crippen LogP) is 3.45. The molecule has 1 saturated heterocycles.